The van der Waals surface area contributed by atoms with Crippen molar-refractivity contribution >= 4 is 0 Å². The zero-order valence-corrected chi connectivity index (χ0v) is 9.18. The normalized spacial score (nSPS) is 16.9. The van der Waals surface area contributed by atoms with E-state index in [9.17, 15) is 5.11 Å². The molecule has 0 bridgehead atoms. The maximum absolute atomic E-state index is 9.55. The molecule has 1 N–H and O–H groups in total. The lowest BCUT2D eigenvalue weighted by molar-refractivity contribution is 0.0860. The molecule has 2 atom stereocenters. The van der Waals surface area contributed by atoms with Crippen LogP contribution in [0.3, 0.4) is 0 Å². The molecule has 0 aliphatic rings. The van der Waals surface area contributed by atoms with Gasteiger partial charge in [-0.15, -0.1) is 0 Å². The summed E-state index contributed by atoms with van der Waals surface area (Å²) < 4.78 is 0. The van der Waals surface area contributed by atoms with Crippen LogP contribution in [0.25, 0.3) is 0 Å². The monoisotopic (exact) mass is 170 g/mol. The van der Waals surface area contributed by atoms with Gasteiger partial charge < -0.3 is 5.11 Å². The Balaban J connectivity index is 4.58. The molecule has 0 aromatic carbocycles. The van der Waals surface area contributed by atoms with Gasteiger partial charge in [-0.2, -0.15) is 0 Å². The van der Waals surface area contributed by atoms with Gasteiger partial charge in [-0.25, -0.2) is 0 Å². The number of hydrogen-bond acceptors (Lipinski definition) is 1. The molecule has 0 saturated heterocycles. The second kappa shape index (κ2) is 4.08. The van der Waals surface area contributed by atoms with Gasteiger partial charge in [0.25, 0.3) is 0 Å². The van der Waals surface area contributed by atoms with Crippen molar-refractivity contribution in [2.75, 3.05) is 0 Å². The SMILES string of the molecule is CC(C)=CC(C(C)O)C(C)(C)C. The smallest absolute Gasteiger partial charge is 0.0579 e. The maximum Gasteiger partial charge on any atom is 0.0579 e. The summed E-state index contributed by atoms with van der Waals surface area (Å²) in [7, 11) is 0. The minimum Gasteiger partial charge on any atom is -0.393 e. The van der Waals surface area contributed by atoms with E-state index < -0.39 is 0 Å². The average Bonchev–Trinajstić information content (AvgIpc) is 1.79. The summed E-state index contributed by atoms with van der Waals surface area (Å²) in [6, 6.07) is 0. The lowest BCUT2D eigenvalue weighted by Crippen LogP contribution is -2.28. The fourth-order valence-corrected chi connectivity index (χ4v) is 1.47. The van der Waals surface area contributed by atoms with E-state index in [2.05, 4.69) is 40.7 Å². The summed E-state index contributed by atoms with van der Waals surface area (Å²) in [5.41, 5.74) is 1.42. The Kier molecular flexibility index (Phi) is 3.98. The lowest BCUT2D eigenvalue weighted by atomic mass is 9.77. The molecule has 1 nitrogen and oxygen atoms in total. The van der Waals surface area contributed by atoms with E-state index in [0.29, 0.717) is 0 Å². The number of aliphatic hydroxyl groups excluding tert-OH is 1. The van der Waals surface area contributed by atoms with Crippen LogP contribution in [-0.2, 0) is 0 Å². The minimum atomic E-state index is -0.264. The first-order valence-electron chi connectivity index (χ1n) is 4.58. The molecule has 1 heteroatoms. The molecule has 72 valence electrons. The topological polar surface area (TPSA) is 20.2 Å². The number of allylic oxidation sites excluding steroid dienone is 1. The third-order valence-corrected chi connectivity index (χ3v) is 2.03. The quantitative estimate of drug-likeness (QED) is 0.632. The summed E-state index contributed by atoms with van der Waals surface area (Å²) in [6.07, 6.45) is 1.89. The van der Waals surface area contributed by atoms with Gasteiger partial charge in [-0.1, -0.05) is 32.4 Å². The molecule has 12 heavy (non-hydrogen) atoms. The van der Waals surface area contributed by atoms with Crippen LogP contribution < -0.4 is 0 Å². The van der Waals surface area contributed by atoms with E-state index in [1.165, 1.54) is 5.57 Å². The van der Waals surface area contributed by atoms with E-state index >= 15 is 0 Å². The maximum atomic E-state index is 9.55. The predicted octanol–water partition coefficient (Wildman–Crippen LogP) is 3.00. The van der Waals surface area contributed by atoms with Gasteiger partial charge in [0, 0.05) is 5.92 Å². The molecule has 0 aliphatic heterocycles. The van der Waals surface area contributed by atoms with Gasteiger partial charge in [0.1, 0.15) is 0 Å². The van der Waals surface area contributed by atoms with Crippen molar-refractivity contribution < 1.29 is 5.11 Å². The Morgan fingerprint density at radius 1 is 1.25 bits per heavy atom. The number of aliphatic hydroxyl groups is 1. The molecule has 2 unspecified atom stereocenters. The standard InChI is InChI=1S/C11H22O/c1-8(2)7-10(9(3)12)11(4,5)6/h7,9-10,12H,1-6H3. The molecule has 0 saturated carbocycles. The highest BCUT2D eigenvalue weighted by Gasteiger charge is 2.26. The Bertz CT molecular complexity index is 156. The van der Waals surface area contributed by atoms with Crippen LogP contribution in [0.5, 0.6) is 0 Å². The van der Waals surface area contributed by atoms with Crippen LogP contribution >= 0.6 is 0 Å². The van der Waals surface area contributed by atoms with Gasteiger partial charge in [0.2, 0.25) is 0 Å². The van der Waals surface area contributed by atoms with Gasteiger partial charge in [0.15, 0.2) is 0 Å². The first-order chi connectivity index (χ1) is 5.25. The van der Waals surface area contributed by atoms with Gasteiger partial charge in [-0.3, -0.25) is 0 Å². The highest BCUT2D eigenvalue weighted by molar-refractivity contribution is 5.02. The zero-order chi connectivity index (χ0) is 9.94. The van der Waals surface area contributed by atoms with Crippen LogP contribution in [0.1, 0.15) is 41.5 Å². The van der Waals surface area contributed by atoms with Crippen molar-refractivity contribution in [1.29, 1.82) is 0 Å². The summed E-state index contributed by atoms with van der Waals surface area (Å²) >= 11 is 0. The van der Waals surface area contributed by atoms with Crippen LogP contribution in [0, 0.1) is 11.3 Å². The van der Waals surface area contributed by atoms with E-state index in [4.69, 9.17) is 0 Å². The Hall–Kier alpha value is -0.300. The van der Waals surface area contributed by atoms with Crippen LogP contribution in [0.15, 0.2) is 11.6 Å². The minimum absolute atomic E-state index is 0.144. The Labute approximate surface area is 76.5 Å². The van der Waals surface area contributed by atoms with E-state index in [-0.39, 0.29) is 17.4 Å². The van der Waals surface area contributed by atoms with Crippen molar-refractivity contribution in [3.63, 3.8) is 0 Å². The zero-order valence-electron chi connectivity index (χ0n) is 9.18. The van der Waals surface area contributed by atoms with Crippen LogP contribution in [0.2, 0.25) is 0 Å². The molecule has 0 rings (SSSR count). The van der Waals surface area contributed by atoms with Crippen molar-refractivity contribution in [3.8, 4) is 0 Å². The van der Waals surface area contributed by atoms with Crippen molar-refractivity contribution in [2.24, 2.45) is 11.3 Å². The largest absolute Gasteiger partial charge is 0.393 e. The number of hydrogen-bond donors (Lipinski definition) is 1. The van der Waals surface area contributed by atoms with E-state index in [0.717, 1.165) is 0 Å². The third kappa shape index (κ3) is 3.91. The fourth-order valence-electron chi connectivity index (χ4n) is 1.47. The summed E-state index contributed by atoms with van der Waals surface area (Å²) in [6.45, 7) is 12.5. The summed E-state index contributed by atoms with van der Waals surface area (Å²) in [5, 5.41) is 9.55. The van der Waals surface area contributed by atoms with E-state index in [1.54, 1.807) is 0 Å². The average molecular weight is 170 g/mol. The molecular weight excluding hydrogens is 148 g/mol. The Morgan fingerprint density at radius 2 is 1.67 bits per heavy atom. The van der Waals surface area contributed by atoms with Crippen LogP contribution in [0.4, 0.5) is 0 Å². The highest BCUT2D eigenvalue weighted by Crippen LogP contribution is 2.30. The molecular formula is C11H22O. The molecule has 0 aromatic heterocycles. The van der Waals surface area contributed by atoms with Crippen molar-refractivity contribution in [1.82, 2.24) is 0 Å². The van der Waals surface area contributed by atoms with Gasteiger partial charge >= 0.3 is 0 Å². The first-order valence-corrected chi connectivity index (χ1v) is 4.58. The molecule has 0 radical (unpaired) electrons. The molecule has 0 aromatic rings. The van der Waals surface area contributed by atoms with Crippen molar-refractivity contribution in [2.45, 2.75) is 47.6 Å². The lowest BCUT2D eigenvalue weighted by Gasteiger charge is -2.31. The van der Waals surface area contributed by atoms with Crippen LogP contribution in [-0.4, -0.2) is 11.2 Å². The summed E-state index contributed by atoms with van der Waals surface area (Å²) in [4.78, 5) is 0. The molecule has 0 amide bonds. The predicted molar refractivity (Wildman–Crippen MR) is 54.1 cm³/mol. The second-order valence-corrected chi connectivity index (χ2v) is 4.88. The molecule has 0 spiro atoms. The fraction of sp³-hybridized carbons (Fsp3) is 0.818. The highest BCUT2D eigenvalue weighted by atomic mass is 16.3. The van der Waals surface area contributed by atoms with Gasteiger partial charge in [0.05, 0.1) is 6.10 Å². The first kappa shape index (κ1) is 11.7. The molecule has 0 aliphatic carbocycles. The molecule has 0 heterocycles. The summed E-state index contributed by atoms with van der Waals surface area (Å²) in [5.74, 6) is 0.252. The second-order valence-electron chi connectivity index (χ2n) is 4.88. The third-order valence-electron chi connectivity index (χ3n) is 2.03. The molecule has 0 fully saturated rings. The van der Waals surface area contributed by atoms with Gasteiger partial charge in [-0.05, 0) is 26.2 Å². The number of rotatable bonds is 2. The Morgan fingerprint density at radius 3 is 1.75 bits per heavy atom. The van der Waals surface area contributed by atoms with E-state index in [1.807, 2.05) is 6.92 Å². The van der Waals surface area contributed by atoms with Crippen molar-refractivity contribution in [3.05, 3.63) is 11.6 Å².